The summed E-state index contributed by atoms with van der Waals surface area (Å²) < 4.78 is 3.26. The van der Waals surface area contributed by atoms with E-state index in [0.717, 1.165) is 19.1 Å². The Morgan fingerprint density at radius 1 is 1.21 bits per heavy atom. The number of pyridine rings is 1. The van der Waals surface area contributed by atoms with E-state index >= 15 is 0 Å². The molecule has 3 aromatic rings. The molecule has 7 nitrogen and oxygen atoms in total. The summed E-state index contributed by atoms with van der Waals surface area (Å²) in [5.41, 5.74) is -0.340. The Labute approximate surface area is 184 Å². The zero-order valence-corrected chi connectivity index (χ0v) is 19.2. The van der Waals surface area contributed by atoms with E-state index in [1.165, 1.54) is 6.21 Å². The number of nitrogens with one attached hydrogen (secondary N) is 1. The van der Waals surface area contributed by atoms with Gasteiger partial charge in [-0.1, -0.05) is 22.9 Å². The molecule has 10 heteroatoms. The van der Waals surface area contributed by atoms with Gasteiger partial charge in [-0.2, -0.15) is 0 Å². The first-order chi connectivity index (χ1) is 13.3. The van der Waals surface area contributed by atoms with Crippen molar-refractivity contribution in [3.05, 3.63) is 75.8 Å². The van der Waals surface area contributed by atoms with Crippen LogP contribution >= 0.6 is 47.8 Å². The molecule has 2 aromatic heterocycles. The number of aromatic amines is 1. The number of nitrogens with zero attached hydrogens (tertiary/aromatic N) is 3. The summed E-state index contributed by atoms with van der Waals surface area (Å²) in [7, 11) is 0. The van der Waals surface area contributed by atoms with Crippen LogP contribution in [-0.2, 0) is 6.42 Å². The molecule has 0 amide bonds. The second-order valence-electron chi connectivity index (χ2n) is 5.68. The van der Waals surface area contributed by atoms with Gasteiger partial charge in [-0.3, -0.25) is 9.78 Å². The first-order valence-corrected chi connectivity index (χ1v) is 10.4. The number of hydrogen-bond acceptors (Lipinski definition) is 5. The molecule has 0 aliphatic heterocycles. The lowest BCUT2D eigenvalue weighted by atomic mass is 10.1. The van der Waals surface area contributed by atoms with Gasteiger partial charge in [0.05, 0.1) is 10.2 Å². The fraction of sp³-hybridized carbons (Fsp3) is 0.111. The summed E-state index contributed by atoms with van der Waals surface area (Å²) in [6.07, 6.45) is 3.35. The monoisotopic (exact) mass is 570 g/mol. The SMILES string of the molecule is CCc1cc(Br)ccc1-n1c(O)c(C=Nc2ncc(Br)cc2Br)c(=O)[nH]c1=O. The van der Waals surface area contributed by atoms with E-state index in [0.29, 0.717) is 22.4 Å². The molecule has 28 heavy (non-hydrogen) atoms. The highest BCUT2D eigenvalue weighted by Gasteiger charge is 2.16. The maximum Gasteiger partial charge on any atom is 0.335 e. The van der Waals surface area contributed by atoms with Crippen LogP contribution in [-0.4, -0.2) is 25.9 Å². The topological polar surface area (TPSA) is 100 Å². The third-order valence-electron chi connectivity index (χ3n) is 3.89. The minimum Gasteiger partial charge on any atom is -0.493 e. The lowest BCUT2D eigenvalue weighted by Gasteiger charge is -2.13. The second kappa shape index (κ2) is 8.54. The molecule has 3 rings (SSSR count). The van der Waals surface area contributed by atoms with Crippen molar-refractivity contribution in [1.29, 1.82) is 0 Å². The van der Waals surface area contributed by atoms with Crippen LogP contribution in [0.3, 0.4) is 0 Å². The second-order valence-corrected chi connectivity index (χ2v) is 8.36. The Morgan fingerprint density at radius 2 is 1.96 bits per heavy atom. The van der Waals surface area contributed by atoms with Crippen molar-refractivity contribution in [2.45, 2.75) is 13.3 Å². The molecule has 0 spiro atoms. The molecule has 144 valence electrons. The van der Waals surface area contributed by atoms with Crippen LogP contribution in [0.1, 0.15) is 18.1 Å². The summed E-state index contributed by atoms with van der Waals surface area (Å²) in [5, 5.41) is 10.7. The number of aromatic nitrogens is 3. The Bertz CT molecular complexity index is 1200. The van der Waals surface area contributed by atoms with Gasteiger partial charge in [-0.15, -0.1) is 0 Å². The van der Waals surface area contributed by atoms with Crippen molar-refractivity contribution < 1.29 is 5.11 Å². The Kier molecular flexibility index (Phi) is 6.31. The molecular formula is C18H13Br3N4O3. The number of benzene rings is 1. The summed E-state index contributed by atoms with van der Waals surface area (Å²) in [5.74, 6) is -0.180. The molecule has 0 saturated heterocycles. The lowest BCUT2D eigenvalue weighted by Crippen LogP contribution is -2.31. The molecule has 0 aliphatic carbocycles. The quantitative estimate of drug-likeness (QED) is 0.457. The highest BCUT2D eigenvalue weighted by atomic mass is 79.9. The summed E-state index contributed by atoms with van der Waals surface area (Å²) in [4.78, 5) is 35.1. The van der Waals surface area contributed by atoms with E-state index in [-0.39, 0.29) is 5.56 Å². The molecule has 0 radical (unpaired) electrons. The predicted molar refractivity (Wildman–Crippen MR) is 118 cm³/mol. The number of H-pyrrole nitrogens is 1. The molecule has 2 heterocycles. The first-order valence-electron chi connectivity index (χ1n) is 8.04. The summed E-state index contributed by atoms with van der Waals surface area (Å²) in [6.45, 7) is 1.93. The summed E-state index contributed by atoms with van der Waals surface area (Å²) >= 11 is 10.0. The largest absolute Gasteiger partial charge is 0.493 e. The van der Waals surface area contributed by atoms with Gasteiger partial charge >= 0.3 is 5.69 Å². The van der Waals surface area contributed by atoms with Crippen LogP contribution in [0.5, 0.6) is 5.88 Å². The van der Waals surface area contributed by atoms with E-state index in [1.807, 2.05) is 13.0 Å². The van der Waals surface area contributed by atoms with E-state index in [2.05, 4.69) is 62.8 Å². The smallest absolute Gasteiger partial charge is 0.335 e. The van der Waals surface area contributed by atoms with Crippen LogP contribution in [0.25, 0.3) is 5.69 Å². The van der Waals surface area contributed by atoms with Crippen molar-refractivity contribution in [1.82, 2.24) is 14.5 Å². The van der Waals surface area contributed by atoms with Gasteiger partial charge in [0.1, 0.15) is 5.56 Å². The Balaban J connectivity index is 2.17. The van der Waals surface area contributed by atoms with Crippen molar-refractivity contribution in [2.75, 3.05) is 0 Å². The van der Waals surface area contributed by atoms with Crippen molar-refractivity contribution in [3.8, 4) is 11.6 Å². The van der Waals surface area contributed by atoms with E-state index in [4.69, 9.17) is 0 Å². The minimum atomic E-state index is -0.745. The van der Waals surface area contributed by atoms with Crippen LogP contribution in [0, 0.1) is 0 Å². The number of aliphatic imine (C=N–C) groups is 1. The highest BCUT2D eigenvalue weighted by molar-refractivity contribution is 9.11. The molecule has 0 atom stereocenters. The first kappa shape index (κ1) is 20.7. The third kappa shape index (κ3) is 4.18. The minimum absolute atomic E-state index is 0.152. The molecule has 0 aliphatic rings. The zero-order chi connectivity index (χ0) is 20.4. The Hall–Kier alpha value is -2.04. The van der Waals surface area contributed by atoms with Crippen LogP contribution in [0.2, 0.25) is 0 Å². The van der Waals surface area contributed by atoms with E-state index in [9.17, 15) is 14.7 Å². The molecule has 2 N–H and O–H groups in total. The van der Waals surface area contributed by atoms with Gasteiger partial charge in [0.2, 0.25) is 5.88 Å². The molecule has 0 saturated carbocycles. The molecule has 0 fully saturated rings. The third-order valence-corrected chi connectivity index (χ3v) is 5.40. The van der Waals surface area contributed by atoms with E-state index < -0.39 is 17.1 Å². The van der Waals surface area contributed by atoms with Gasteiger partial charge < -0.3 is 5.11 Å². The maximum atomic E-state index is 12.4. The highest BCUT2D eigenvalue weighted by Crippen LogP contribution is 2.26. The van der Waals surface area contributed by atoms with Gasteiger partial charge in [0.25, 0.3) is 5.56 Å². The fourth-order valence-corrected chi connectivity index (χ4v) is 4.06. The maximum absolute atomic E-state index is 12.4. The van der Waals surface area contributed by atoms with Gasteiger partial charge in [0.15, 0.2) is 5.82 Å². The van der Waals surface area contributed by atoms with Crippen molar-refractivity contribution in [2.24, 2.45) is 4.99 Å². The molecule has 1 aromatic carbocycles. The summed E-state index contributed by atoms with van der Waals surface area (Å²) in [6, 6.07) is 7.04. The number of rotatable bonds is 4. The zero-order valence-electron chi connectivity index (χ0n) is 14.4. The van der Waals surface area contributed by atoms with Gasteiger partial charge in [-0.25, -0.2) is 19.3 Å². The van der Waals surface area contributed by atoms with Gasteiger partial charge in [0, 0.05) is 21.4 Å². The average Bonchev–Trinajstić information content (AvgIpc) is 2.63. The average molecular weight is 573 g/mol. The van der Waals surface area contributed by atoms with Gasteiger partial charge in [-0.05, 0) is 68.1 Å². The van der Waals surface area contributed by atoms with E-state index in [1.54, 1.807) is 24.4 Å². The van der Waals surface area contributed by atoms with Crippen LogP contribution < -0.4 is 11.2 Å². The lowest BCUT2D eigenvalue weighted by molar-refractivity contribution is 0.429. The number of halogens is 3. The Morgan fingerprint density at radius 3 is 2.64 bits per heavy atom. The van der Waals surface area contributed by atoms with Crippen LogP contribution in [0.4, 0.5) is 5.82 Å². The molecular weight excluding hydrogens is 560 g/mol. The standard InChI is InChI=1S/C18H13Br3N4O3/c1-2-9-5-10(19)3-4-14(9)25-17(27)12(16(26)24-18(25)28)8-23-15-13(21)6-11(20)7-22-15/h3-8,27H,2H2,1H3,(H,24,26,28). The molecule has 0 unspecified atom stereocenters. The molecule has 0 bridgehead atoms. The number of aryl methyl sites for hydroxylation is 1. The number of hydrogen-bond donors (Lipinski definition) is 2. The van der Waals surface area contributed by atoms with Crippen molar-refractivity contribution in [3.63, 3.8) is 0 Å². The normalized spacial score (nSPS) is 11.3. The van der Waals surface area contributed by atoms with Crippen molar-refractivity contribution >= 4 is 59.8 Å². The fourth-order valence-electron chi connectivity index (χ4n) is 2.56. The van der Waals surface area contributed by atoms with Crippen LogP contribution in [0.15, 0.2) is 58.5 Å². The number of aromatic hydroxyl groups is 1. The predicted octanol–water partition coefficient (Wildman–Crippen LogP) is 4.23.